The number of pyridine rings is 1. The van der Waals surface area contributed by atoms with Crippen molar-refractivity contribution < 1.29 is 9.90 Å². The van der Waals surface area contributed by atoms with E-state index in [2.05, 4.69) is 15.0 Å². The lowest BCUT2D eigenvalue weighted by atomic mass is 10.2. The molecule has 0 unspecified atom stereocenters. The Labute approximate surface area is 117 Å². The van der Waals surface area contributed by atoms with Crippen molar-refractivity contribution in [1.29, 1.82) is 0 Å². The van der Waals surface area contributed by atoms with E-state index >= 15 is 0 Å². The van der Waals surface area contributed by atoms with Crippen LogP contribution in [-0.2, 0) is 4.79 Å². The van der Waals surface area contributed by atoms with Crippen LogP contribution in [0.1, 0.15) is 12.1 Å². The molecule has 0 saturated heterocycles. The van der Waals surface area contributed by atoms with Crippen LogP contribution in [0.15, 0.2) is 30.6 Å². The fourth-order valence-electron chi connectivity index (χ4n) is 1.75. The first-order chi connectivity index (χ1) is 9.56. The van der Waals surface area contributed by atoms with Crippen molar-refractivity contribution in [3.8, 4) is 11.4 Å². The Balaban J connectivity index is 2.27. The Bertz CT molecular complexity index is 601. The van der Waals surface area contributed by atoms with Crippen molar-refractivity contribution in [1.82, 2.24) is 15.0 Å². The van der Waals surface area contributed by atoms with Crippen LogP contribution in [0, 0.1) is 6.92 Å². The molecule has 0 saturated carbocycles. The zero-order valence-corrected chi connectivity index (χ0v) is 11.4. The van der Waals surface area contributed by atoms with Gasteiger partial charge in [-0.3, -0.25) is 9.78 Å². The number of hydrogen-bond acceptors (Lipinski definition) is 5. The summed E-state index contributed by atoms with van der Waals surface area (Å²) in [6.07, 6.45) is 3.47. The number of aryl methyl sites for hydroxylation is 1. The number of nitrogens with zero attached hydrogens (tertiary/aromatic N) is 4. The SMILES string of the molecule is Cc1cc(N(C)CCC(=O)O)nc(-c2cccnc2)n1. The van der Waals surface area contributed by atoms with Crippen LogP contribution in [0.5, 0.6) is 0 Å². The van der Waals surface area contributed by atoms with Crippen molar-refractivity contribution in [2.24, 2.45) is 0 Å². The molecule has 104 valence electrons. The predicted octanol–water partition coefficient (Wildman–Crippen LogP) is 1.76. The molecule has 2 aromatic heterocycles. The molecule has 0 spiro atoms. The molecule has 0 aliphatic heterocycles. The number of rotatable bonds is 5. The molecule has 2 rings (SSSR count). The maximum atomic E-state index is 10.6. The maximum Gasteiger partial charge on any atom is 0.305 e. The average Bonchev–Trinajstić information content (AvgIpc) is 2.45. The number of anilines is 1. The van der Waals surface area contributed by atoms with Crippen LogP contribution in [0.25, 0.3) is 11.4 Å². The molecule has 20 heavy (non-hydrogen) atoms. The number of aliphatic carboxylic acids is 1. The maximum absolute atomic E-state index is 10.6. The lowest BCUT2D eigenvalue weighted by molar-refractivity contribution is -0.136. The molecule has 1 N–H and O–H groups in total. The number of carboxylic acid groups (broad SMARTS) is 1. The fraction of sp³-hybridized carbons (Fsp3) is 0.286. The summed E-state index contributed by atoms with van der Waals surface area (Å²) in [5, 5.41) is 8.73. The van der Waals surface area contributed by atoms with E-state index in [0.717, 1.165) is 11.3 Å². The highest BCUT2D eigenvalue weighted by Crippen LogP contribution is 2.18. The molecule has 0 fully saturated rings. The summed E-state index contributed by atoms with van der Waals surface area (Å²) < 4.78 is 0. The second kappa shape index (κ2) is 6.10. The summed E-state index contributed by atoms with van der Waals surface area (Å²) in [6, 6.07) is 5.55. The molecule has 0 aromatic carbocycles. The van der Waals surface area contributed by atoms with Gasteiger partial charge in [-0.05, 0) is 19.1 Å². The van der Waals surface area contributed by atoms with E-state index in [4.69, 9.17) is 5.11 Å². The quantitative estimate of drug-likeness (QED) is 0.893. The first kappa shape index (κ1) is 13.9. The van der Waals surface area contributed by atoms with Gasteiger partial charge in [0.05, 0.1) is 6.42 Å². The summed E-state index contributed by atoms with van der Waals surface area (Å²) in [6.45, 7) is 2.29. The average molecular weight is 272 g/mol. The molecular weight excluding hydrogens is 256 g/mol. The predicted molar refractivity (Wildman–Crippen MR) is 75.5 cm³/mol. The molecule has 6 heteroatoms. The monoisotopic (exact) mass is 272 g/mol. The van der Waals surface area contributed by atoms with E-state index in [1.54, 1.807) is 12.4 Å². The Hall–Kier alpha value is -2.50. The molecule has 0 atom stereocenters. The Morgan fingerprint density at radius 3 is 2.85 bits per heavy atom. The first-order valence-electron chi connectivity index (χ1n) is 6.25. The zero-order chi connectivity index (χ0) is 14.5. The third-order valence-electron chi connectivity index (χ3n) is 2.81. The molecule has 0 aliphatic rings. The molecule has 2 heterocycles. The highest BCUT2D eigenvalue weighted by atomic mass is 16.4. The largest absolute Gasteiger partial charge is 0.481 e. The highest BCUT2D eigenvalue weighted by molar-refractivity contribution is 5.67. The van der Waals surface area contributed by atoms with Gasteiger partial charge in [-0.2, -0.15) is 0 Å². The van der Waals surface area contributed by atoms with Crippen molar-refractivity contribution in [3.63, 3.8) is 0 Å². The van der Waals surface area contributed by atoms with Gasteiger partial charge in [0.25, 0.3) is 0 Å². The lowest BCUT2D eigenvalue weighted by Gasteiger charge is -2.18. The van der Waals surface area contributed by atoms with Crippen LogP contribution >= 0.6 is 0 Å². The van der Waals surface area contributed by atoms with Crippen LogP contribution in [0.4, 0.5) is 5.82 Å². The fourth-order valence-corrected chi connectivity index (χ4v) is 1.75. The summed E-state index contributed by atoms with van der Waals surface area (Å²) in [5.41, 5.74) is 1.67. The van der Waals surface area contributed by atoms with Gasteiger partial charge in [0, 0.05) is 43.3 Å². The van der Waals surface area contributed by atoms with Gasteiger partial charge in [-0.15, -0.1) is 0 Å². The van der Waals surface area contributed by atoms with Crippen LogP contribution in [0.2, 0.25) is 0 Å². The van der Waals surface area contributed by atoms with Crippen LogP contribution in [-0.4, -0.2) is 39.6 Å². The smallest absolute Gasteiger partial charge is 0.305 e. The molecular formula is C14H16N4O2. The van der Waals surface area contributed by atoms with Gasteiger partial charge in [0.2, 0.25) is 0 Å². The summed E-state index contributed by atoms with van der Waals surface area (Å²) >= 11 is 0. The van der Waals surface area contributed by atoms with Crippen molar-refractivity contribution >= 4 is 11.8 Å². The van der Waals surface area contributed by atoms with E-state index in [1.807, 2.05) is 37.1 Å². The third-order valence-corrected chi connectivity index (χ3v) is 2.81. The second-order valence-corrected chi connectivity index (χ2v) is 4.50. The minimum absolute atomic E-state index is 0.0712. The Morgan fingerprint density at radius 2 is 2.20 bits per heavy atom. The Morgan fingerprint density at radius 1 is 1.40 bits per heavy atom. The van der Waals surface area contributed by atoms with E-state index < -0.39 is 5.97 Å². The minimum atomic E-state index is -0.824. The zero-order valence-electron chi connectivity index (χ0n) is 11.4. The van der Waals surface area contributed by atoms with E-state index in [0.29, 0.717) is 18.2 Å². The lowest BCUT2D eigenvalue weighted by Crippen LogP contribution is -2.22. The van der Waals surface area contributed by atoms with Gasteiger partial charge in [0.15, 0.2) is 5.82 Å². The van der Waals surface area contributed by atoms with Gasteiger partial charge < -0.3 is 10.0 Å². The second-order valence-electron chi connectivity index (χ2n) is 4.50. The standard InChI is InChI=1S/C14H16N4O2/c1-10-8-12(18(2)7-5-13(19)20)17-14(16-10)11-4-3-6-15-9-11/h3-4,6,8-9H,5,7H2,1-2H3,(H,19,20). The summed E-state index contributed by atoms with van der Waals surface area (Å²) in [4.78, 5) is 25.3. The Kier molecular flexibility index (Phi) is 4.24. The molecule has 6 nitrogen and oxygen atoms in total. The molecule has 2 aromatic rings. The van der Waals surface area contributed by atoms with E-state index in [-0.39, 0.29) is 6.42 Å². The number of aromatic nitrogens is 3. The normalized spacial score (nSPS) is 10.3. The van der Waals surface area contributed by atoms with E-state index in [1.165, 1.54) is 0 Å². The minimum Gasteiger partial charge on any atom is -0.481 e. The van der Waals surface area contributed by atoms with Gasteiger partial charge in [-0.1, -0.05) is 0 Å². The third kappa shape index (κ3) is 3.50. The number of hydrogen-bond donors (Lipinski definition) is 1. The van der Waals surface area contributed by atoms with Gasteiger partial charge in [-0.25, -0.2) is 9.97 Å². The molecule has 0 amide bonds. The highest BCUT2D eigenvalue weighted by Gasteiger charge is 2.09. The first-order valence-corrected chi connectivity index (χ1v) is 6.25. The van der Waals surface area contributed by atoms with Crippen molar-refractivity contribution in [2.45, 2.75) is 13.3 Å². The topological polar surface area (TPSA) is 79.2 Å². The van der Waals surface area contributed by atoms with Gasteiger partial charge in [0.1, 0.15) is 5.82 Å². The van der Waals surface area contributed by atoms with Crippen molar-refractivity contribution in [3.05, 3.63) is 36.3 Å². The van der Waals surface area contributed by atoms with Crippen LogP contribution in [0.3, 0.4) is 0 Å². The number of carboxylic acids is 1. The molecule has 0 radical (unpaired) electrons. The molecule has 0 aliphatic carbocycles. The van der Waals surface area contributed by atoms with E-state index in [9.17, 15) is 4.79 Å². The van der Waals surface area contributed by atoms with Crippen molar-refractivity contribution in [2.75, 3.05) is 18.5 Å². The van der Waals surface area contributed by atoms with Crippen LogP contribution < -0.4 is 4.90 Å². The summed E-state index contributed by atoms with van der Waals surface area (Å²) in [7, 11) is 1.82. The molecule has 0 bridgehead atoms. The number of carbonyl (C=O) groups is 1. The van der Waals surface area contributed by atoms with Gasteiger partial charge >= 0.3 is 5.97 Å². The summed E-state index contributed by atoms with van der Waals surface area (Å²) in [5.74, 6) is 0.475.